The Labute approximate surface area is 153 Å². The first kappa shape index (κ1) is 15.5. The van der Waals surface area contributed by atoms with E-state index in [2.05, 4.69) is 16.0 Å². The van der Waals surface area contributed by atoms with Crippen molar-refractivity contribution >= 4 is 32.7 Å². The van der Waals surface area contributed by atoms with Gasteiger partial charge in [0.25, 0.3) is 0 Å². The van der Waals surface area contributed by atoms with E-state index >= 15 is 0 Å². The minimum Gasteiger partial charge on any atom is -0.486 e. The summed E-state index contributed by atoms with van der Waals surface area (Å²) >= 11 is 1.66. The van der Waals surface area contributed by atoms with E-state index in [4.69, 9.17) is 14.2 Å². The van der Waals surface area contributed by atoms with E-state index < -0.39 is 0 Å². The Kier molecular flexibility index (Phi) is 3.67. The van der Waals surface area contributed by atoms with E-state index in [1.54, 1.807) is 29.5 Å². The molecule has 7 heteroatoms. The van der Waals surface area contributed by atoms with Crippen molar-refractivity contribution in [3.63, 3.8) is 0 Å². The van der Waals surface area contributed by atoms with Gasteiger partial charge in [-0.1, -0.05) is 23.5 Å². The average Bonchev–Trinajstić information content (AvgIpc) is 3.07. The van der Waals surface area contributed by atoms with Crippen LogP contribution in [0, 0.1) is 0 Å². The second-order valence-electron chi connectivity index (χ2n) is 6.25. The number of hydrogen-bond acceptors (Lipinski definition) is 7. The molecule has 0 bridgehead atoms. The Morgan fingerprint density at radius 3 is 2.77 bits per heavy atom. The summed E-state index contributed by atoms with van der Waals surface area (Å²) in [5.41, 5.74) is 1.48. The quantitative estimate of drug-likeness (QED) is 0.662. The Balaban J connectivity index is 1.22. The van der Waals surface area contributed by atoms with Crippen LogP contribution in [0.15, 0.2) is 42.5 Å². The minimum atomic E-state index is -0.337. The first-order valence-corrected chi connectivity index (χ1v) is 9.29. The molecule has 0 amide bonds. The summed E-state index contributed by atoms with van der Waals surface area (Å²) in [6, 6.07) is 13.2. The Hall–Kier alpha value is -2.80. The van der Waals surface area contributed by atoms with Crippen LogP contribution < -0.4 is 14.4 Å². The van der Waals surface area contributed by atoms with Gasteiger partial charge in [0.1, 0.15) is 19.3 Å². The third-order valence-corrected chi connectivity index (χ3v) is 5.55. The second kappa shape index (κ2) is 6.17. The summed E-state index contributed by atoms with van der Waals surface area (Å²) in [4.78, 5) is 19.1. The molecular weight excluding hydrogens is 352 g/mol. The first-order valence-electron chi connectivity index (χ1n) is 8.47. The maximum absolute atomic E-state index is 12.4. The van der Waals surface area contributed by atoms with E-state index in [0.29, 0.717) is 43.4 Å². The van der Waals surface area contributed by atoms with E-state index in [1.807, 2.05) is 18.2 Å². The van der Waals surface area contributed by atoms with Gasteiger partial charge in [-0.05, 0) is 30.3 Å². The van der Waals surface area contributed by atoms with Gasteiger partial charge in [0, 0.05) is 0 Å². The Bertz CT molecular complexity index is 948. The summed E-state index contributed by atoms with van der Waals surface area (Å²) in [7, 11) is 0. The molecule has 2 aliphatic heterocycles. The number of aromatic nitrogens is 1. The van der Waals surface area contributed by atoms with E-state index in [0.717, 1.165) is 10.6 Å². The number of rotatable bonds is 3. The fourth-order valence-corrected chi connectivity index (χ4v) is 4.04. The molecule has 5 rings (SSSR count). The van der Waals surface area contributed by atoms with Gasteiger partial charge in [-0.2, -0.15) is 0 Å². The molecule has 0 aliphatic carbocycles. The zero-order valence-electron chi connectivity index (χ0n) is 13.9. The zero-order chi connectivity index (χ0) is 17.5. The summed E-state index contributed by atoms with van der Waals surface area (Å²) < 4.78 is 17.7. The second-order valence-corrected chi connectivity index (χ2v) is 7.26. The smallest absolute Gasteiger partial charge is 0.338 e. The standard InChI is InChI=1S/C19H16N2O4S/c22-18(12-5-6-15-16(9-12)24-8-7-23-15)25-13-10-21(11-13)19-20-14-3-1-2-4-17(14)26-19/h1-6,9,13H,7-8,10-11H2. The molecule has 0 radical (unpaired) electrons. The number of fused-ring (bicyclic) bond motifs is 2. The van der Waals surface area contributed by atoms with Crippen molar-refractivity contribution in [3.05, 3.63) is 48.0 Å². The molecule has 1 aromatic heterocycles. The maximum atomic E-state index is 12.4. The number of esters is 1. The predicted octanol–water partition coefficient (Wildman–Crippen LogP) is 3.11. The van der Waals surface area contributed by atoms with E-state index in [9.17, 15) is 4.79 Å². The third kappa shape index (κ3) is 2.74. The van der Waals surface area contributed by atoms with E-state index in [-0.39, 0.29) is 12.1 Å². The topological polar surface area (TPSA) is 60.9 Å². The number of carbonyl (C=O) groups excluding carboxylic acids is 1. The highest BCUT2D eigenvalue weighted by Crippen LogP contribution is 2.33. The van der Waals surface area contributed by atoms with Crippen molar-refractivity contribution < 1.29 is 19.0 Å². The summed E-state index contributed by atoms with van der Waals surface area (Å²) in [5.74, 6) is 0.921. The Morgan fingerprint density at radius 1 is 1.12 bits per heavy atom. The molecule has 132 valence electrons. The van der Waals surface area contributed by atoms with Gasteiger partial charge < -0.3 is 19.1 Å². The van der Waals surface area contributed by atoms with Crippen LogP contribution in [0.1, 0.15) is 10.4 Å². The van der Waals surface area contributed by atoms with Gasteiger partial charge in [0.15, 0.2) is 16.6 Å². The number of para-hydroxylation sites is 1. The molecule has 3 aromatic rings. The fraction of sp³-hybridized carbons (Fsp3) is 0.263. The highest BCUT2D eigenvalue weighted by molar-refractivity contribution is 7.22. The molecule has 0 spiro atoms. The van der Waals surface area contributed by atoms with Gasteiger partial charge >= 0.3 is 5.97 Å². The summed E-state index contributed by atoms with van der Waals surface area (Å²) in [6.07, 6.45) is -0.122. The van der Waals surface area contributed by atoms with Crippen LogP contribution in [0.25, 0.3) is 10.2 Å². The number of carbonyl (C=O) groups is 1. The number of ether oxygens (including phenoxy) is 3. The number of benzene rings is 2. The monoisotopic (exact) mass is 368 g/mol. The molecule has 0 atom stereocenters. The fourth-order valence-electron chi connectivity index (χ4n) is 3.05. The van der Waals surface area contributed by atoms with Crippen molar-refractivity contribution in [1.82, 2.24) is 4.98 Å². The summed E-state index contributed by atoms with van der Waals surface area (Å²) in [6.45, 7) is 2.35. The van der Waals surface area contributed by atoms with Crippen molar-refractivity contribution in [3.8, 4) is 11.5 Å². The zero-order valence-corrected chi connectivity index (χ0v) is 14.7. The van der Waals surface area contributed by atoms with Crippen LogP contribution in [-0.2, 0) is 4.74 Å². The minimum absolute atomic E-state index is 0.122. The molecule has 1 saturated heterocycles. The lowest BCUT2D eigenvalue weighted by atomic mass is 10.1. The summed E-state index contributed by atoms with van der Waals surface area (Å²) in [5, 5.41) is 0.970. The molecule has 0 unspecified atom stereocenters. The molecule has 2 aromatic carbocycles. The van der Waals surface area contributed by atoms with Crippen molar-refractivity contribution in [2.75, 3.05) is 31.2 Å². The van der Waals surface area contributed by atoms with Gasteiger partial charge in [-0.25, -0.2) is 9.78 Å². The third-order valence-electron chi connectivity index (χ3n) is 4.45. The van der Waals surface area contributed by atoms with Crippen LogP contribution >= 0.6 is 11.3 Å². The molecular formula is C19H16N2O4S. The van der Waals surface area contributed by atoms with Crippen LogP contribution in [-0.4, -0.2) is 43.4 Å². The number of anilines is 1. The normalized spacial score (nSPS) is 16.4. The molecule has 26 heavy (non-hydrogen) atoms. The van der Waals surface area contributed by atoms with Crippen LogP contribution in [0.4, 0.5) is 5.13 Å². The molecule has 2 aliphatic rings. The van der Waals surface area contributed by atoms with Crippen LogP contribution in [0.5, 0.6) is 11.5 Å². The molecule has 3 heterocycles. The average molecular weight is 368 g/mol. The SMILES string of the molecule is O=C(OC1CN(c2nc3ccccc3s2)C1)c1ccc2c(c1)OCCO2. The first-order chi connectivity index (χ1) is 12.8. The van der Waals surface area contributed by atoms with Crippen LogP contribution in [0.3, 0.4) is 0 Å². The van der Waals surface area contributed by atoms with Crippen molar-refractivity contribution in [2.45, 2.75) is 6.10 Å². The van der Waals surface area contributed by atoms with Gasteiger partial charge in [-0.15, -0.1) is 0 Å². The molecule has 6 nitrogen and oxygen atoms in total. The number of hydrogen-bond donors (Lipinski definition) is 0. The van der Waals surface area contributed by atoms with Crippen molar-refractivity contribution in [2.24, 2.45) is 0 Å². The van der Waals surface area contributed by atoms with Gasteiger partial charge in [0.05, 0.1) is 28.9 Å². The highest BCUT2D eigenvalue weighted by atomic mass is 32.1. The molecule has 1 fully saturated rings. The lowest BCUT2D eigenvalue weighted by Gasteiger charge is -2.38. The predicted molar refractivity (Wildman–Crippen MR) is 98.5 cm³/mol. The Morgan fingerprint density at radius 2 is 1.92 bits per heavy atom. The van der Waals surface area contributed by atoms with Gasteiger partial charge in [0.2, 0.25) is 0 Å². The van der Waals surface area contributed by atoms with Crippen molar-refractivity contribution in [1.29, 1.82) is 0 Å². The van der Waals surface area contributed by atoms with E-state index in [1.165, 1.54) is 4.70 Å². The highest BCUT2D eigenvalue weighted by Gasteiger charge is 2.32. The molecule has 0 N–H and O–H groups in total. The van der Waals surface area contributed by atoms with Crippen LogP contribution in [0.2, 0.25) is 0 Å². The number of nitrogens with zero attached hydrogens (tertiary/aromatic N) is 2. The lowest BCUT2D eigenvalue weighted by molar-refractivity contribution is 0.0233. The lowest BCUT2D eigenvalue weighted by Crippen LogP contribution is -2.53. The molecule has 0 saturated carbocycles. The maximum Gasteiger partial charge on any atom is 0.338 e. The number of thiazole rings is 1. The van der Waals surface area contributed by atoms with Gasteiger partial charge in [-0.3, -0.25) is 0 Å². The largest absolute Gasteiger partial charge is 0.486 e.